The van der Waals surface area contributed by atoms with Crippen molar-refractivity contribution >= 4 is 41.6 Å². The van der Waals surface area contributed by atoms with Gasteiger partial charge in [0, 0.05) is 67.3 Å². The molecule has 0 fully saturated rings. The number of aromatic nitrogens is 2. The molecule has 0 atom stereocenters. The van der Waals surface area contributed by atoms with E-state index in [4.69, 9.17) is 0 Å². The van der Waals surface area contributed by atoms with Crippen LogP contribution >= 0.6 is 24.8 Å². The average Bonchev–Trinajstić information content (AvgIpc) is 2.88. The lowest BCUT2D eigenvalue weighted by atomic mass is 9.94. The molecule has 0 spiro atoms. The highest BCUT2D eigenvalue weighted by atomic mass is 35.5. The molecule has 8 heteroatoms. The fourth-order valence-corrected chi connectivity index (χ4v) is 3.82. The number of benzene rings is 1. The van der Waals surface area contributed by atoms with Gasteiger partial charge in [0.2, 0.25) is 0 Å². The van der Waals surface area contributed by atoms with E-state index in [1.165, 1.54) is 0 Å². The Labute approximate surface area is 176 Å². The van der Waals surface area contributed by atoms with Crippen molar-refractivity contribution in [1.82, 2.24) is 19.4 Å². The number of carbonyl (C=O) groups is 1. The van der Waals surface area contributed by atoms with E-state index in [0.29, 0.717) is 18.7 Å². The van der Waals surface area contributed by atoms with Crippen molar-refractivity contribution in [1.29, 1.82) is 0 Å². The van der Waals surface area contributed by atoms with Crippen LogP contribution in [0, 0.1) is 0 Å². The van der Waals surface area contributed by atoms with Crippen LogP contribution in [0.2, 0.25) is 0 Å². The van der Waals surface area contributed by atoms with Gasteiger partial charge < -0.3 is 19.5 Å². The molecule has 0 bridgehead atoms. The van der Waals surface area contributed by atoms with Crippen LogP contribution in [0.1, 0.15) is 21.6 Å². The molecule has 3 aromatic rings. The number of hydrogen-bond donors (Lipinski definition) is 1. The summed E-state index contributed by atoms with van der Waals surface area (Å²) in [5.41, 5.74) is 5.04. The van der Waals surface area contributed by atoms with Gasteiger partial charge in [0.05, 0.1) is 11.1 Å². The van der Waals surface area contributed by atoms with E-state index in [1.807, 2.05) is 44.2 Å². The van der Waals surface area contributed by atoms with Crippen molar-refractivity contribution in [2.75, 3.05) is 21.1 Å². The number of nitrogens with zero attached hydrogens (tertiary/aromatic N) is 4. The first kappa shape index (κ1) is 22.0. The Bertz CT molecular complexity index is 1030. The molecule has 150 valence electrons. The summed E-state index contributed by atoms with van der Waals surface area (Å²) >= 11 is 0. The number of phenolic OH excluding ortho intramolecular Hbond substituents is 1. The molecule has 6 nitrogen and oxygen atoms in total. The van der Waals surface area contributed by atoms with Crippen LogP contribution in [0.15, 0.2) is 30.6 Å². The van der Waals surface area contributed by atoms with Gasteiger partial charge in [-0.1, -0.05) is 6.07 Å². The number of pyridine rings is 1. The maximum absolute atomic E-state index is 12.9. The smallest absolute Gasteiger partial charge is 0.256 e. The van der Waals surface area contributed by atoms with Crippen molar-refractivity contribution in [2.45, 2.75) is 13.1 Å². The van der Waals surface area contributed by atoms with Crippen molar-refractivity contribution in [3.05, 3.63) is 47.4 Å². The molecule has 3 heterocycles. The predicted octanol–water partition coefficient (Wildman–Crippen LogP) is 3.44. The van der Waals surface area contributed by atoms with E-state index in [9.17, 15) is 9.90 Å². The molecule has 2 aromatic heterocycles. The zero-order valence-electron chi connectivity index (χ0n) is 16.3. The lowest BCUT2D eigenvalue weighted by Crippen LogP contribution is -2.31. The predicted molar refractivity (Wildman–Crippen MR) is 115 cm³/mol. The van der Waals surface area contributed by atoms with Crippen molar-refractivity contribution in [3.8, 4) is 16.9 Å². The second kappa shape index (κ2) is 7.99. The van der Waals surface area contributed by atoms with Gasteiger partial charge in [0.25, 0.3) is 5.91 Å². The van der Waals surface area contributed by atoms with Crippen LogP contribution in [0.4, 0.5) is 0 Å². The van der Waals surface area contributed by atoms with Gasteiger partial charge >= 0.3 is 0 Å². The summed E-state index contributed by atoms with van der Waals surface area (Å²) in [6.07, 6.45) is 3.46. The Balaban J connectivity index is 0.00000140. The maximum Gasteiger partial charge on any atom is 0.256 e. The minimum atomic E-state index is 0. The number of aryl methyl sites for hydroxylation is 1. The molecule has 0 saturated heterocycles. The average molecular weight is 423 g/mol. The number of hydrogen-bond acceptors (Lipinski definition) is 4. The molecule has 0 radical (unpaired) electrons. The summed E-state index contributed by atoms with van der Waals surface area (Å²) in [4.78, 5) is 20.8. The molecule has 1 aromatic carbocycles. The Morgan fingerprint density at radius 3 is 2.57 bits per heavy atom. The van der Waals surface area contributed by atoms with Gasteiger partial charge in [0.1, 0.15) is 5.75 Å². The van der Waals surface area contributed by atoms with Crippen LogP contribution < -0.4 is 0 Å². The quantitative estimate of drug-likeness (QED) is 0.701. The fraction of sp³-hybridized carbons (Fsp3) is 0.300. The molecule has 1 aliphatic heterocycles. The molecule has 1 aliphatic rings. The largest absolute Gasteiger partial charge is 0.507 e. The van der Waals surface area contributed by atoms with Gasteiger partial charge in [-0.05, 0) is 26.2 Å². The van der Waals surface area contributed by atoms with E-state index in [2.05, 4.69) is 9.55 Å². The third kappa shape index (κ3) is 3.21. The third-order valence-electron chi connectivity index (χ3n) is 5.08. The van der Waals surface area contributed by atoms with Crippen LogP contribution in [0.3, 0.4) is 0 Å². The second-order valence-corrected chi connectivity index (χ2v) is 7.17. The van der Waals surface area contributed by atoms with Crippen LogP contribution in [0.25, 0.3) is 22.0 Å². The van der Waals surface area contributed by atoms with E-state index < -0.39 is 0 Å². The van der Waals surface area contributed by atoms with E-state index in [-0.39, 0.29) is 36.5 Å². The van der Waals surface area contributed by atoms with Gasteiger partial charge in [-0.15, -0.1) is 24.8 Å². The summed E-state index contributed by atoms with van der Waals surface area (Å²) in [7, 11) is 7.73. The highest BCUT2D eigenvalue weighted by molar-refractivity contribution is 6.13. The molecular formula is C20H24Cl2N4O2. The first-order valence-corrected chi connectivity index (χ1v) is 8.56. The number of phenols is 1. The highest BCUT2D eigenvalue weighted by Crippen LogP contribution is 2.43. The second-order valence-electron chi connectivity index (χ2n) is 7.17. The number of aromatic hydroxyl groups is 1. The van der Waals surface area contributed by atoms with Crippen molar-refractivity contribution in [3.63, 3.8) is 0 Å². The van der Waals surface area contributed by atoms with Gasteiger partial charge in [-0.25, -0.2) is 0 Å². The molecule has 0 unspecified atom stereocenters. The summed E-state index contributed by atoms with van der Waals surface area (Å²) in [6, 6.07) is 5.75. The molecule has 4 rings (SSSR count). The molecular weight excluding hydrogens is 399 g/mol. The van der Waals surface area contributed by atoms with Crippen LogP contribution in [0.5, 0.6) is 5.75 Å². The fourth-order valence-electron chi connectivity index (χ4n) is 3.82. The third-order valence-corrected chi connectivity index (χ3v) is 5.08. The normalized spacial score (nSPS) is 12.9. The zero-order chi connectivity index (χ0) is 18.6. The minimum absolute atomic E-state index is 0. The maximum atomic E-state index is 12.9. The number of halogens is 2. The SMILES string of the molecule is CN(C)Cc1c2c3c(c(O)c(-c4cccnc4)cc3n1C)CN(C)C2=O.Cl.Cl. The van der Waals surface area contributed by atoms with Crippen molar-refractivity contribution in [2.24, 2.45) is 7.05 Å². The monoisotopic (exact) mass is 422 g/mol. The molecule has 28 heavy (non-hydrogen) atoms. The number of amides is 1. The topological polar surface area (TPSA) is 61.6 Å². The van der Waals surface area contributed by atoms with Crippen LogP contribution in [-0.4, -0.2) is 51.5 Å². The van der Waals surface area contributed by atoms with E-state index >= 15 is 0 Å². The van der Waals surface area contributed by atoms with E-state index in [1.54, 1.807) is 24.3 Å². The van der Waals surface area contributed by atoms with Gasteiger partial charge in [0.15, 0.2) is 0 Å². The standard InChI is InChI=1S/C20H22N4O2.2ClH/c1-22(2)11-16-18-17-14(10-23(3)20(18)26)19(25)13(8-15(17)24(16)4)12-6-5-7-21-9-12;;/h5-9,25H,10-11H2,1-4H3;2*1H. The van der Waals surface area contributed by atoms with Crippen LogP contribution in [-0.2, 0) is 20.1 Å². The molecule has 0 aliphatic carbocycles. The molecule has 1 amide bonds. The number of carbonyl (C=O) groups excluding carboxylic acids is 1. The summed E-state index contributed by atoms with van der Waals surface area (Å²) < 4.78 is 2.07. The Morgan fingerprint density at radius 2 is 1.96 bits per heavy atom. The molecule has 0 saturated carbocycles. The summed E-state index contributed by atoms with van der Waals surface area (Å²) in [5, 5.41) is 11.9. The highest BCUT2D eigenvalue weighted by Gasteiger charge is 2.32. The summed E-state index contributed by atoms with van der Waals surface area (Å²) in [5.74, 6) is 0.238. The lowest BCUT2D eigenvalue weighted by Gasteiger charge is -2.25. The first-order valence-electron chi connectivity index (χ1n) is 8.56. The molecule has 1 N–H and O–H groups in total. The summed E-state index contributed by atoms with van der Waals surface area (Å²) in [6.45, 7) is 1.05. The lowest BCUT2D eigenvalue weighted by molar-refractivity contribution is 0.0777. The Morgan fingerprint density at radius 1 is 1.25 bits per heavy atom. The number of rotatable bonds is 3. The minimum Gasteiger partial charge on any atom is -0.507 e. The van der Waals surface area contributed by atoms with Gasteiger partial charge in [-0.3, -0.25) is 9.78 Å². The Hall–Kier alpha value is -2.28. The van der Waals surface area contributed by atoms with Crippen molar-refractivity contribution < 1.29 is 9.90 Å². The first-order chi connectivity index (χ1) is 12.4. The van der Waals surface area contributed by atoms with E-state index in [0.717, 1.165) is 33.3 Å². The van der Waals surface area contributed by atoms with Gasteiger partial charge in [-0.2, -0.15) is 0 Å². The zero-order valence-corrected chi connectivity index (χ0v) is 17.9. The Kier molecular flexibility index (Phi) is 6.28.